The fourth-order valence-corrected chi connectivity index (χ4v) is 11.8. The first-order chi connectivity index (χ1) is 15.0. The highest BCUT2D eigenvalue weighted by molar-refractivity contribution is 5.21. The molecule has 3 nitrogen and oxygen atoms in total. The van der Waals surface area contributed by atoms with Crippen molar-refractivity contribution < 1.29 is 15.3 Å². The van der Waals surface area contributed by atoms with Gasteiger partial charge in [0.1, 0.15) is 0 Å². The second kappa shape index (κ2) is 7.00. The van der Waals surface area contributed by atoms with Crippen LogP contribution in [0.2, 0.25) is 0 Å². The first kappa shape index (κ1) is 24.6. The lowest BCUT2D eigenvalue weighted by atomic mass is 9.31. The van der Waals surface area contributed by atoms with E-state index in [-0.39, 0.29) is 33.9 Å². The summed E-state index contributed by atoms with van der Waals surface area (Å²) in [6, 6.07) is 0. The normalized spacial score (nSPS) is 58.1. The Morgan fingerprint density at radius 1 is 0.758 bits per heavy atom. The van der Waals surface area contributed by atoms with Gasteiger partial charge in [-0.1, -0.05) is 41.5 Å². The number of rotatable bonds is 1. The van der Waals surface area contributed by atoms with E-state index >= 15 is 0 Å². The number of aliphatic hydroxyl groups excluding tert-OH is 2. The standard InChI is InChI=1S/C30H52O3/c1-25(2)21-10-14-30(8)24(28(21,6)13-11-22(25)32)20(31)17-19-23-18(26(3,4)33)9-12-27(23,5)15-16-29(19,30)7/h18-24,31-33H,9-17H2,1-8H3/t18-,19-,20-,21-,22+,23-,24-,27-,28+,29-,30-/m1/s1. The van der Waals surface area contributed by atoms with Crippen molar-refractivity contribution in [2.45, 2.75) is 131 Å². The summed E-state index contributed by atoms with van der Waals surface area (Å²) in [5.41, 5.74) is -0.0634. The summed E-state index contributed by atoms with van der Waals surface area (Å²) < 4.78 is 0. The Hall–Kier alpha value is -0.120. The van der Waals surface area contributed by atoms with Crippen molar-refractivity contribution in [1.82, 2.24) is 0 Å². The highest BCUT2D eigenvalue weighted by atomic mass is 16.3. The molecule has 0 aromatic heterocycles. The Balaban J connectivity index is 1.58. The lowest BCUT2D eigenvalue weighted by Crippen LogP contribution is -2.70. The predicted molar refractivity (Wildman–Crippen MR) is 134 cm³/mol. The zero-order chi connectivity index (χ0) is 24.4. The minimum absolute atomic E-state index is 0.0786. The van der Waals surface area contributed by atoms with Crippen molar-refractivity contribution >= 4 is 0 Å². The molecule has 3 heteroatoms. The van der Waals surface area contributed by atoms with Gasteiger partial charge in [0, 0.05) is 0 Å². The Morgan fingerprint density at radius 2 is 1.42 bits per heavy atom. The average molecular weight is 461 g/mol. The van der Waals surface area contributed by atoms with Crippen LogP contribution >= 0.6 is 0 Å². The van der Waals surface area contributed by atoms with Crippen molar-refractivity contribution in [1.29, 1.82) is 0 Å². The molecule has 5 aliphatic carbocycles. The SMILES string of the molecule is CC(C)(O)[C@@H]1CC[C@]2(C)CC[C@]3(C)[C@H](C[C@@H](O)[C@@H]4[C@@]5(C)CC[C@H](O)C(C)(C)[C@H]5CC[C@]43C)[C@@H]12. The lowest BCUT2D eigenvalue weighted by Gasteiger charge is -2.73. The molecule has 0 heterocycles. The molecule has 0 bridgehead atoms. The molecular weight excluding hydrogens is 408 g/mol. The van der Waals surface area contributed by atoms with Crippen LogP contribution in [0.1, 0.15) is 113 Å². The molecule has 5 rings (SSSR count). The van der Waals surface area contributed by atoms with E-state index in [0.717, 1.165) is 32.1 Å². The maximum Gasteiger partial charge on any atom is 0.0622 e. The summed E-state index contributed by atoms with van der Waals surface area (Å²) in [5.74, 6) is 2.07. The van der Waals surface area contributed by atoms with Gasteiger partial charge in [-0.2, -0.15) is 0 Å². The topological polar surface area (TPSA) is 60.7 Å². The van der Waals surface area contributed by atoms with Gasteiger partial charge in [-0.05, 0) is 128 Å². The first-order valence-corrected chi connectivity index (χ1v) is 14.1. The molecule has 5 aliphatic rings. The lowest BCUT2D eigenvalue weighted by molar-refractivity contribution is -0.279. The summed E-state index contributed by atoms with van der Waals surface area (Å²) in [5, 5.41) is 34.1. The predicted octanol–water partition coefficient (Wildman–Crippen LogP) is 6.19. The number of hydrogen-bond donors (Lipinski definition) is 3. The van der Waals surface area contributed by atoms with Crippen LogP contribution in [0.4, 0.5) is 0 Å². The van der Waals surface area contributed by atoms with Gasteiger partial charge in [-0.3, -0.25) is 0 Å². The molecule has 0 amide bonds. The zero-order valence-corrected chi connectivity index (χ0v) is 22.7. The molecule has 5 saturated carbocycles. The highest BCUT2D eigenvalue weighted by Crippen LogP contribution is 2.77. The molecule has 0 unspecified atom stereocenters. The van der Waals surface area contributed by atoms with E-state index in [4.69, 9.17) is 0 Å². The van der Waals surface area contributed by atoms with Crippen LogP contribution in [-0.4, -0.2) is 33.1 Å². The fraction of sp³-hybridized carbons (Fsp3) is 1.00. The second-order valence-corrected chi connectivity index (χ2v) is 15.7. The number of aliphatic hydroxyl groups is 3. The Labute approximate surface area is 203 Å². The van der Waals surface area contributed by atoms with Crippen LogP contribution in [0.25, 0.3) is 0 Å². The smallest absolute Gasteiger partial charge is 0.0622 e. The average Bonchev–Trinajstić information content (AvgIpc) is 3.05. The molecule has 0 spiro atoms. The molecule has 0 aliphatic heterocycles. The van der Waals surface area contributed by atoms with E-state index in [9.17, 15) is 15.3 Å². The molecule has 11 atom stereocenters. The van der Waals surface area contributed by atoms with Gasteiger partial charge < -0.3 is 15.3 Å². The highest BCUT2D eigenvalue weighted by Gasteiger charge is 2.72. The van der Waals surface area contributed by atoms with Crippen LogP contribution in [0.15, 0.2) is 0 Å². The monoisotopic (exact) mass is 460 g/mol. The maximum absolute atomic E-state index is 12.0. The molecule has 5 fully saturated rings. The summed E-state index contributed by atoms with van der Waals surface area (Å²) in [7, 11) is 0. The van der Waals surface area contributed by atoms with Crippen LogP contribution in [-0.2, 0) is 0 Å². The minimum Gasteiger partial charge on any atom is -0.393 e. The van der Waals surface area contributed by atoms with Gasteiger partial charge in [0.15, 0.2) is 0 Å². The fourth-order valence-electron chi connectivity index (χ4n) is 11.8. The first-order valence-electron chi connectivity index (χ1n) is 14.1. The van der Waals surface area contributed by atoms with Gasteiger partial charge in [0.05, 0.1) is 17.8 Å². The van der Waals surface area contributed by atoms with E-state index in [1.165, 1.54) is 25.7 Å². The van der Waals surface area contributed by atoms with E-state index in [1.807, 2.05) is 13.8 Å². The van der Waals surface area contributed by atoms with E-state index in [1.54, 1.807) is 0 Å². The molecular formula is C30H52O3. The van der Waals surface area contributed by atoms with Gasteiger partial charge in [0.2, 0.25) is 0 Å². The van der Waals surface area contributed by atoms with Crippen molar-refractivity contribution in [3.63, 3.8) is 0 Å². The summed E-state index contributed by atoms with van der Waals surface area (Å²) in [4.78, 5) is 0. The van der Waals surface area contributed by atoms with E-state index < -0.39 is 5.60 Å². The van der Waals surface area contributed by atoms with Gasteiger partial charge in [0.25, 0.3) is 0 Å². The Morgan fingerprint density at radius 3 is 2.06 bits per heavy atom. The van der Waals surface area contributed by atoms with E-state index in [2.05, 4.69) is 41.5 Å². The zero-order valence-electron chi connectivity index (χ0n) is 22.7. The van der Waals surface area contributed by atoms with Crippen LogP contribution in [0.3, 0.4) is 0 Å². The van der Waals surface area contributed by atoms with Gasteiger partial charge in [-0.25, -0.2) is 0 Å². The van der Waals surface area contributed by atoms with Crippen LogP contribution in [0.5, 0.6) is 0 Å². The Kier molecular flexibility index (Phi) is 5.21. The third-order valence-electron chi connectivity index (χ3n) is 13.7. The third kappa shape index (κ3) is 2.97. The van der Waals surface area contributed by atoms with Crippen molar-refractivity contribution in [3.05, 3.63) is 0 Å². The summed E-state index contributed by atoms with van der Waals surface area (Å²) in [6.45, 7) is 18.7. The largest absolute Gasteiger partial charge is 0.393 e. The molecule has 0 aromatic carbocycles. The molecule has 0 aromatic rings. The molecule has 0 radical (unpaired) electrons. The molecule has 0 saturated heterocycles. The van der Waals surface area contributed by atoms with Gasteiger partial charge >= 0.3 is 0 Å². The number of fused-ring (bicyclic) bond motifs is 7. The maximum atomic E-state index is 12.0. The minimum atomic E-state index is -0.656. The molecule has 190 valence electrons. The van der Waals surface area contributed by atoms with Crippen LogP contribution < -0.4 is 0 Å². The van der Waals surface area contributed by atoms with E-state index in [0.29, 0.717) is 35.0 Å². The van der Waals surface area contributed by atoms with Crippen molar-refractivity contribution in [2.24, 2.45) is 56.7 Å². The quantitative estimate of drug-likeness (QED) is 0.437. The van der Waals surface area contributed by atoms with Crippen molar-refractivity contribution in [3.8, 4) is 0 Å². The molecule has 33 heavy (non-hydrogen) atoms. The number of hydrogen-bond acceptors (Lipinski definition) is 3. The van der Waals surface area contributed by atoms with Crippen molar-refractivity contribution in [2.75, 3.05) is 0 Å². The second-order valence-electron chi connectivity index (χ2n) is 15.7. The van der Waals surface area contributed by atoms with Crippen LogP contribution in [0, 0.1) is 56.7 Å². The third-order valence-corrected chi connectivity index (χ3v) is 13.7. The Bertz CT molecular complexity index is 799. The van der Waals surface area contributed by atoms with Gasteiger partial charge in [-0.15, -0.1) is 0 Å². The molecule has 3 N–H and O–H groups in total. The summed E-state index contributed by atoms with van der Waals surface area (Å²) in [6.07, 6.45) is 9.48. The summed E-state index contributed by atoms with van der Waals surface area (Å²) >= 11 is 0.